The van der Waals surface area contributed by atoms with Gasteiger partial charge < -0.3 is 9.80 Å². The van der Waals surface area contributed by atoms with Gasteiger partial charge in [0.05, 0.1) is 18.4 Å². The summed E-state index contributed by atoms with van der Waals surface area (Å²) in [5.41, 5.74) is 2.15. The number of guanidine groups is 1. The Morgan fingerprint density at radius 3 is 2.29 bits per heavy atom. The molecule has 114 valence electrons. The topological polar surface area (TPSA) is 36.7 Å². The molecule has 0 saturated carbocycles. The number of hydrogen-bond donors (Lipinski definition) is 0. The van der Waals surface area contributed by atoms with Crippen molar-refractivity contribution in [1.29, 1.82) is 0 Å². The molecule has 0 atom stereocenters. The number of rotatable bonds is 3. The molecule has 0 saturated heterocycles. The number of nitrogens with zero attached hydrogens (tertiary/aromatic N) is 5. The molecule has 6 heteroatoms. The Kier molecular flexibility index (Phi) is 6.67. The Bertz CT molecular complexity index is 565. The van der Waals surface area contributed by atoms with Crippen LogP contribution in [0.15, 0.2) is 47.7 Å². The predicted molar refractivity (Wildman–Crippen MR) is 97.5 cm³/mol. The summed E-state index contributed by atoms with van der Waals surface area (Å²) in [4.78, 5) is 8.62. The van der Waals surface area contributed by atoms with Crippen molar-refractivity contribution in [2.75, 3.05) is 28.2 Å². The van der Waals surface area contributed by atoms with Gasteiger partial charge in [0.15, 0.2) is 5.96 Å². The van der Waals surface area contributed by atoms with E-state index in [0.717, 1.165) is 17.2 Å². The first-order valence-corrected chi connectivity index (χ1v) is 6.56. The van der Waals surface area contributed by atoms with Crippen molar-refractivity contribution in [3.8, 4) is 5.69 Å². The fourth-order valence-electron chi connectivity index (χ4n) is 2.01. The zero-order valence-corrected chi connectivity index (χ0v) is 15.2. The molecule has 0 amide bonds. The minimum absolute atomic E-state index is 0. The summed E-state index contributed by atoms with van der Waals surface area (Å²) in [6.07, 6.45) is 3.88. The van der Waals surface area contributed by atoms with Gasteiger partial charge in [0.2, 0.25) is 0 Å². The minimum Gasteiger partial charge on any atom is -0.349 e. The Hall–Kier alpha value is -1.57. The maximum atomic E-state index is 4.62. The molecule has 1 heterocycles. The van der Waals surface area contributed by atoms with E-state index < -0.39 is 0 Å². The van der Waals surface area contributed by atoms with E-state index in [2.05, 4.69) is 10.1 Å². The first-order valence-electron chi connectivity index (χ1n) is 6.56. The lowest BCUT2D eigenvalue weighted by atomic mass is 10.3. The molecule has 0 unspecified atom stereocenters. The molecule has 1 aromatic carbocycles. The summed E-state index contributed by atoms with van der Waals surface area (Å²) >= 11 is 0. The van der Waals surface area contributed by atoms with E-state index in [-0.39, 0.29) is 24.0 Å². The monoisotopic (exact) mass is 399 g/mol. The summed E-state index contributed by atoms with van der Waals surface area (Å²) < 4.78 is 1.87. The molecule has 0 aliphatic heterocycles. The van der Waals surface area contributed by atoms with Gasteiger partial charge >= 0.3 is 0 Å². The van der Waals surface area contributed by atoms with Gasteiger partial charge in [-0.05, 0) is 12.1 Å². The molecule has 2 aromatic rings. The lowest BCUT2D eigenvalue weighted by molar-refractivity contribution is 0.479. The van der Waals surface area contributed by atoms with Gasteiger partial charge in [0.1, 0.15) is 0 Å². The third-order valence-electron chi connectivity index (χ3n) is 2.86. The number of halogens is 1. The predicted octanol–water partition coefficient (Wildman–Crippen LogP) is 2.47. The summed E-state index contributed by atoms with van der Waals surface area (Å²) in [6.45, 7) is 0.624. The van der Waals surface area contributed by atoms with Gasteiger partial charge in [-0.15, -0.1) is 24.0 Å². The fourth-order valence-corrected chi connectivity index (χ4v) is 2.01. The van der Waals surface area contributed by atoms with Gasteiger partial charge in [-0.25, -0.2) is 9.67 Å². The third kappa shape index (κ3) is 4.73. The molecular formula is C15H22IN5. The van der Waals surface area contributed by atoms with Gasteiger partial charge in [-0.1, -0.05) is 18.2 Å². The van der Waals surface area contributed by atoms with Crippen LogP contribution in [-0.4, -0.2) is 53.7 Å². The van der Waals surface area contributed by atoms with Crippen LogP contribution in [0.4, 0.5) is 0 Å². The smallest absolute Gasteiger partial charge is 0.195 e. The Morgan fingerprint density at radius 1 is 1.10 bits per heavy atom. The van der Waals surface area contributed by atoms with Crippen molar-refractivity contribution in [2.24, 2.45) is 4.99 Å². The number of para-hydroxylation sites is 1. The van der Waals surface area contributed by atoms with Crippen LogP contribution in [0.1, 0.15) is 5.56 Å². The van der Waals surface area contributed by atoms with Gasteiger partial charge in [-0.3, -0.25) is 0 Å². The van der Waals surface area contributed by atoms with E-state index in [0.29, 0.717) is 6.54 Å². The largest absolute Gasteiger partial charge is 0.349 e. The van der Waals surface area contributed by atoms with Crippen LogP contribution in [0.5, 0.6) is 0 Å². The Balaban J connectivity index is 0.00000220. The van der Waals surface area contributed by atoms with Crippen molar-refractivity contribution in [3.63, 3.8) is 0 Å². The first kappa shape index (κ1) is 17.5. The fraction of sp³-hybridized carbons (Fsp3) is 0.333. The quantitative estimate of drug-likeness (QED) is 0.452. The molecule has 2 rings (SSSR count). The minimum atomic E-state index is 0. The van der Waals surface area contributed by atoms with Crippen molar-refractivity contribution < 1.29 is 0 Å². The number of benzene rings is 1. The van der Waals surface area contributed by atoms with Crippen molar-refractivity contribution >= 4 is 29.9 Å². The average Bonchev–Trinajstić information content (AvgIpc) is 2.88. The van der Waals surface area contributed by atoms with E-state index >= 15 is 0 Å². The maximum Gasteiger partial charge on any atom is 0.195 e. The summed E-state index contributed by atoms with van der Waals surface area (Å²) in [5.74, 6) is 0.942. The molecular weight excluding hydrogens is 377 g/mol. The zero-order chi connectivity index (χ0) is 14.5. The second-order valence-electron chi connectivity index (χ2n) is 5.03. The van der Waals surface area contributed by atoms with Crippen LogP contribution in [0.25, 0.3) is 5.69 Å². The normalized spacial score (nSPS) is 9.71. The number of hydrogen-bond acceptors (Lipinski definition) is 2. The molecule has 21 heavy (non-hydrogen) atoms. The van der Waals surface area contributed by atoms with Crippen LogP contribution in [0.3, 0.4) is 0 Å². The average molecular weight is 399 g/mol. The molecule has 0 spiro atoms. The van der Waals surface area contributed by atoms with Crippen molar-refractivity contribution in [3.05, 3.63) is 48.3 Å². The van der Waals surface area contributed by atoms with E-state index in [1.54, 1.807) is 0 Å². The Labute approximate surface area is 143 Å². The highest BCUT2D eigenvalue weighted by Crippen LogP contribution is 2.08. The Morgan fingerprint density at radius 2 is 1.71 bits per heavy atom. The van der Waals surface area contributed by atoms with Gasteiger partial charge in [0.25, 0.3) is 0 Å². The van der Waals surface area contributed by atoms with E-state index in [1.165, 1.54) is 0 Å². The van der Waals surface area contributed by atoms with E-state index in [1.807, 2.05) is 85.4 Å². The standard InChI is InChI=1S/C15H21N5.HI/c1-18(2)15(19(3)4)16-10-13-11-17-20(12-13)14-8-6-5-7-9-14;/h5-9,11-12H,10H2,1-4H3;1H. The van der Waals surface area contributed by atoms with Crippen LogP contribution >= 0.6 is 24.0 Å². The molecule has 0 N–H and O–H groups in total. The van der Waals surface area contributed by atoms with E-state index in [4.69, 9.17) is 0 Å². The molecule has 0 aliphatic rings. The zero-order valence-electron chi connectivity index (χ0n) is 12.9. The summed E-state index contributed by atoms with van der Waals surface area (Å²) in [5, 5.41) is 4.37. The highest BCUT2D eigenvalue weighted by atomic mass is 127. The number of aliphatic imine (C=N–C) groups is 1. The third-order valence-corrected chi connectivity index (χ3v) is 2.86. The lowest BCUT2D eigenvalue weighted by Gasteiger charge is -2.22. The molecule has 5 nitrogen and oxygen atoms in total. The second-order valence-corrected chi connectivity index (χ2v) is 5.03. The molecule has 1 aromatic heterocycles. The SMILES string of the molecule is CN(C)C(=NCc1cnn(-c2ccccc2)c1)N(C)C.I. The molecule has 0 aliphatic carbocycles. The molecule has 0 bridgehead atoms. The lowest BCUT2D eigenvalue weighted by Crippen LogP contribution is -2.35. The van der Waals surface area contributed by atoms with Gasteiger partial charge in [0, 0.05) is 40.0 Å². The van der Waals surface area contributed by atoms with Crippen LogP contribution in [-0.2, 0) is 6.54 Å². The summed E-state index contributed by atoms with van der Waals surface area (Å²) in [7, 11) is 7.97. The second kappa shape index (κ2) is 8.02. The highest BCUT2D eigenvalue weighted by molar-refractivity contribution is 14.0. The maximum absolute atomic E-state index is 4.62. The molecule has 0 radical (unpaired) electrons. The molecule has 0 fully saturated rings. The number of aromatic nitrogens is 2. The summed E-state index contributed by atoms with van der Waals surface area (Å²) in [6, 6.07) is 10.1. The van der Waals surface area contributed by atoms with Crippen LogP contribution < -0.4 is 0 Å². The highest BCUT2D eigenvalue weighted by Gasteiger charge is 2.05. The van der Waals surface area contributed by atoms with Crippen molar-refractivity contribution in [1.82, 2.24) is 19.6 Å². The van der Waals surface area contributed by atoms with Crippen LogP contribution in [0.2, 0.25) is 0 Å². The first-order chi connectivity index (χ1) is 9.58. The van der Waals surface area contributed by atoms with Gasteiger partial charge in [-0.2, -0.15) is 5.10 Å². The van der Waals surface area contributed by atoms with E-state index in [9.17, 15) is 0 Å². The van der Waals surface area contributed by atoms with Crippen LogP contribution in [0, 0.1) is 0 Å². The van der Waals surface area contributed by atoms with Crippen molar-refractivity contribution in [2.45, 2.75) is 6.54 Å².